The molecular weight excluding hydrogens is 295 g/mol. The predicted molar refractivity (Wildman–Crippen MR) is 76.8 cm³/mol. The third-order valence-corrected chi connectivity index (χ3v) is 4.08. The summed E-state index contributed by atoms with van der Waals surface area (Å²) in [6.07, 6.45) is 1.56. The topological polar surface area (TPSA) is 75.2 Å². The van der Waals surface area contributed by atoms with Crippen LogP contribution >= 0.6 is 0 Å². The second-order valence-electron chi connectivity index (χ2n) is 4.52. The second kappa shape index (κ2) is 6.15. The molecule has 2 rings (SSSR count). The Labute approximate surface area is 122 Å². The molecule has 0 spiro atoms. The molecule has 0 amide bonds. The van der Waals surface area contributed by atoms with Gasteiger partial charge >= 0.3 is 0 Å². The molecule has 0 aliphatic heterocycles. The van der Waals surface area contributed by atoms with Crippen LogP contribution in [0.3, 0.4) is 0 Å². The predicted octanol–water partition coefficient (Wildman–Crippen LogP) is 1.16. The molecule has 0 aliphatic rings. The van der Waals surface area contributed by atoms with Gasteiger partial charge in [-0.1, -0.05) is 0 Å². The zero-order valence-corrected chi connectivity index (χ0v) is 12.4. The molecule has 1 heterocycles. The van der Waals surface area contributed by atoms with Crippen molar-refractivity contribution < 1.29 is 12.8 Å². The number of rotatable bonds is 5. The molecule has 112 valence electrons. The van der Waals surface area contributed by atoms with Crippen molar-refractivity contribution in [1.29, 1.82) is 0 Å². The average molecular weight is 310 g/mol. The van der Waals surface area contributed by atoms with E-state index in [1.54, 1.807) is 31.3 Å². The number of nitrogens with zero attached hydrogens (tertiary/aromatic N) is 3. The Morgan fingerprint density at radius 1 is 1.19 bits per heavy atom. The molecule has 6 nitrogen and oxygen atoms in total. The Hall–Kier alpha value is -2.06. The SMILES string of the molecule is CN(C)c1nccc(CNS(=O)(=O)c2ccc(F)cc2)n1. The van der Waals surface area contributed by atoms with Gasteiger partial charge in [-0.25, -0.2) is 27.5 Å². The highest BCUT2D eigenvalue weighted by molar-refractivity contribution is 7.89. The lowest BCUT2D eigenvalue weighted by atomic mass is 10.4. The fourth-order valence-corrected chi connectivity index (χ4v) is 2.56. The Morgan fingerprint density at radius 3 is 2.48 bits per heavy atom. The van der Waals surface area contributed by atoms with Crippen LogP contribution in [-0.4, -0.2) is 32.5 Å². The smallest absolute Gasteiger partial charge is 0.240 e. The molecule has 0 fully saturated rings. The fourth-order valence-electron chi connectivity index (χ4n) is 1.56. The highest BCUT2D eigenvalue weighted by Crippen LogP contribution is 2.10. The molecule has 0 aliphatic carbocycles. The van der Waals surface area contributed by atoms with Crippen LogP contribution in [0, 0.1) is 5.82 Å². The van der Waals surface area contributed by atoms with Gasteiger partial charge in [0, 0.05) is 20.3 Å². The Balaban J connectivity index is 2.11. The van der Waals surface area contributed by atoms with Gasteiger partial charge in [0.2, 0.25) is 16.0 Å². The first-order chi connectivity index (χ1) is 9.88. The monoisotopic (exact) mass is 310 g/mol. The van der Waals surface area contributed by atoms with Gasteiger partial charge in [-0.15, -0.1) is 0 Å². The van der Waals surface area contributed by atoms with E-state index in [-0.39, 0.29) is 11.4 Å². The number of nitrogens with one attached hydrogen (secondary N) is 1. The Bertz CT molecular complexity index is 717. The summed E-state index contributed by atoms with van der Waals surface area (Å²) in [5, 5.41) is 0. The van der Waals surface area contributed by atoms with Gasteiger partial charge in [-0.05, 0) is 30.3 Å². The highest BCUT2D eigenvalue weighted by atomic mass is 32.2. The lowest BCUT2D eigenvalue weighted by Crippen LogP contribution is -2.24. The quantitative estimate of drug-likeness (QED) is 0.897. The third kappa shape index (κ3) is 3.96. The first kappa shape index (κ1) is 15.3. The summed E-state index contributed by atoms with van der Waals surface area (Å²) in [5.74, 6) is 0.00820. The van der Waals surface area contributed by atoms with Crippen LogP contribution in [0.15, 0.2) is 41.4 Å². The summed E-state index contributed by atoms with van der Waals surface area (Å²) < 4.78 is 39.3. The first-order valence-electron chi connectivity index (χ1n) is 6.13. The van der Waals surface area contributed by atoms with Crippen LogP contribution in [-0.2, 0) is 16.6 Å². The maximum atomic E-state index is 12.8. The number of halogens is 1. The zero-order valence-electron chi connectivity index (χ0n) is 11.6. The summed E-state index contributed by atoms with van der Waals surface area (Å²) in [7, 11) is -0.112. The minimum Gasteiger partial charge on any atom is -0.347 e. The number of benzene rings is 1. The van der Waals surface area contributed by atoms with Crippen LogP contribution in [0.2, 0.25) is 0 Å². The molecule has 2 aromatic rings. The molecule has 21 heavy (non-hydrogen) atoms. The molecule has 0 saturated heterocycles. The standard InChI is InChI=1S/C13H15FN4O2S/c1-18(2)13-15-8-7-11(17-13)9-16-21(19,20)12-5-3-10(14)4-6-12/h3-8,16H,9H2,1-2H3. The molecule has 0 saturated carbocycles. The zero-order chi connectivity index (χ0) is 15.5. The first-order valence-corrected chi connectivity index (χ1v) is 7.61. The molecule has 1 aromatic carbocycles. The van der Waals surface area contributed by atoms with Crippen LogP contribution in [0.4, 0.5) is 10.3 Å². The number of sulfonamides is 1. The normalized spacial score (nSPS) is 11.4. The van der Waals surface area contributed by atoms with E-state index in [4.69, 9.17) is 0 Å². The van der Waals surface area contributed by atoms with Crippen molar-refractivity contribution >= 4 is 16.0 Å². The van der Waals surface area contributed by atoms with E-state index in [2.05, 4.69) is 14.7 Å². The van der Waals surface area contributed by atoms with Crippen LogP contribution in [0.25, 0.3) is 0 Å². The summed E-state index contributed by atoms with van der Waals surface area (Å²) in [5.41, 5.74) is 0.541. The van der Waals surface area contributed by atoms with Crippen molar-refractivity contribution in [3.05, 3.63) is 48.0 Å². The number of aromatic nitrogens is 2. The number of hydrogen-bond donors (Lipinski definition) is 1. The van der Waals surface area contributed by atoms with E-state index in [0.717, 1.165) is 12.1 Å². The fraction of sp³-hybridized carbons (Fsp3) is 0.231. The van der Waals surface area contributed by atoms with Gasteiger partial charge < -0.3 is 4.90 Å². The minimum absolute atomic E-state index is 0.00536. The van der Waals surface area contributed by atoms with Crippen molar-refractivity contribution in [3.8, 4) is 0 Å². The van der Waals surface area contributed by atoms with E-state index in [0.29, 0.717) is 11.6 Å². The maximum absolute atomic E-state index is 12.8. The van der Waals surface area contributed by atoms with Crippen molar-refractivity contribution in [1.82, 2.24) is 14.7 Å². The Kier molecular flexibility index (Phi) is 4.49. The lowest BCUT2D eigenvalue weighted by molar-refractivity contribution is 0.579. The molecule has 0 radical (unpaired) electrons. The van der Waals surface area contributed by atoms with Gasteiger partial charge in [-0.3, -0.25) is 0 Å². The summed E-state index contributed by atoms with van der Waals surface area (Å²) in [6.45, 7) is 0.0308. The number of hydrogen-bond acceptors (Lipinski definition) is 5. The lowest BCUT2D eigenvalue weighted by Gasteiger charge is -2.11. The molecule has 0 atom stereocenters. The summed E-state index contributed by atoms with van der Waals surface area (Å²) in [6, 6.07) is 6.25. The number of anilines is 1. The van der Waals surface area contributed by atoms with Gasteiger partial charge in [0.25, 0.3) is 0 Å². The van der Waals surface area contributed by atoms with Gasteiger partial charge in [0.1, 0.15) is 5.82 Å². The van der Waals surface area contributed by atoms with Gasteiger partial charge in [-0.2, -0.15) is 0 Å². The van der Waals surface area contributed by atoms with Crippen LogP contribution in [0.5, 0.6) is 0 Å². The molecule has 1 aromatic heterocycles. The van der Waals surface area contributed by atoms with Crippen molar-refractivity contribution in [3.63, 3.8) is 0 Å². The van der Waals surface area contributed by atoms with Gasteiger partial charge in [0.15, 0.2) is 0 Å². The maximum Gasteiger partial charge on any atom is 0.240 e. The molecule has 1 N–H and O–H groups in total. The van der Waals surface area contributed by atoms with E-state index in [9.17, 15) is 12.8 Å². The van der Waals surface area contributed by atoms with Crippen molar-refractivity contribution in [2.75, 3.05) is 19.0 Å². The molecule has 8 heteroatoms. The third-order valence-electron chi connectivity index (χ3n) is 2.67. The van der Waals surface area contributed by atoms with Crippen LogP contribution in [0.1, 0.15) is 5.69 Å². The van der Waals surface area contributed by atoms with E-state index in [1.807, 2.05) is 0 Å². The molecule has 0 unspecified atom stereocenters. The molecule has 0 bridgehead atoms. The van der Waals surface area contributed by atoms with E-state index in [1.165, 1.54) is 12.1 Å². The minimum atomic E-state index is -3.70. The summed E-state index contributed by atoms with van der Waals surface area (Å²) in [4.78, 5) is 9.98. The largest absolute Gasteiger partial charge is 0.347 e. The van der Waals surface area contributed by atoms with Crippen molar-refractivity contribution in [2.24, 2.45) is 0 Å². The van der Waals surface area contributed by atoms with Crippen molar-refractivity contribution in [2.45, 2.75) is 11.4 Å². The van der Waals surface area contributed by atoms with Crippen LogP contribution < -0.4 is 9.62 Å². The molecular formula is C13H15FN4O2S. The van der Waals surface area contributed by atoms with E-state index < -0.39 is 15.8 Å². The van der Waals surface area contributed by atoms with Gasteiger partial charge in [0.05, 0.1) is 17.1 Å². The summed E-state index contributed by atoms with van der Waals surface area (Å²) >= 11 is 0. The van der Waals surface area contributed by atoms with E-state index >= 15 is 0 Å². The Morgan fingerprint density at radius 2 is 1.86 bits per heavy atom. The highest BCUT2D eigenvalue weighted by Gasteiger charge is 2.14. The average Bonchev–Trinajstić information content (AvgIpc) is 2.46. The second-order valence-corrected chi connectivity index (χ2v) is 6.29.